The first-order valence-corrected chi connectivity index (χ1v) is 17.0. The molecule has 1 amide bonds. The van der Waals surface area contributed by atoms with Gasteiger partial charge < -0.3 is 20.2 Å². The van der Waals surface area contributed by atoms with Crippen molar-refractivity contribution in [2.24, 2.45) is 5.41 Å². The summed E-state index contributed by atoms with van der Waals surface area (Å²) in [5, 5.41) is 28.7. The Labute approximate surface area is 215 Å². The van der Waals surface area contributed by atoms with E-state index in [4.69, 9.17) is 5.11 Å². The third-order valence-corrected chi connectivity index (χ3v) is 12.6. The van der Waals surface area contributed by atoms with Gasteiger partial charge in [0.2, 0.25) is 5.91 Å². The van der Waals surface area contributed by atoms with Gasteiger partial charge in [0.05, 0.1) is 13.2 Å². The van der Waals surface area contributed by atoms with E-state index in [1.165, 1.54) is 37.2 Å². The first kappa shape index (κ1) is 29.5. The third-order valence-electron chi connectivity index (χ3n) is 6.64. The number of aliphatic hydroxyl groups is 2. The van der Waals surface area contributed by atoms with Crippen molar-refractivity contribution in [1.82, 2.24) is 4.90 Å². The number of carboxylic acids is 1. The van der Waals surface area contributed by atoms with E-state index in [1.807, 2.05) is 48.1 Å². The van der Waals surface area contributed by atoms with Gasteiger partial charge in [0.1, 0.15) is 0 Å². The van der Waals surface area contributed by atoms with Gasteiger partial charge in [-0.3, -0.25) is 9.59 Å². The van der Waals surface area contributed by atoms with Gasteiger partial charge in [-0.15, -0.1) is 0 Å². The fourth-order valence-corrected chi connectivity index (χ4v) is 10.2. The van der Waals surface area contributed by atoms with Crippen LogP contribution >= 0.6 is 43.2 Å². The second kappa shape index (κ2) is 16.8. The predicted molar refractivity (Wildman–Crippen MR) is 144 cm³/mol. The molecule has 3 rings (SSSR count). The van der Waals surface area contributed by atoms with Gasteiger partial charge in [-0.2, -0.15) is 0 Å². The fourth-order valence-electron chi connectivity index (χ4n) is 4.18. The number of amides is 1. The van der Waals surface area contributed by atoms with E-state index in [9.17, 15) is 19.8 Å². The van der Waals surface area contributed by atoms with Crippen LogP contribution in [0.2, 0.25) is 0 Å². The summed E-state index contributed by atoms with van der Waals surface area (Å²) in [4.78, 5) is 24.3. The first-order chi connectivity index (χ1) is 16.0. The average Bonchev–Trinajstić information content (AvgIpc) is 3.54. The van der Waals surface area contributed by atoms with E-state index in [0.29, 0.717) is 38.8 Å². The molecule has 33 heavy (non-hydrogen) atoms. The number of hydrogen-bond donors (Lipinski definition) is 3. The van der Waals surface area contributed by atoms with E-state index in [1.54, 1.807) is 0 Å². The first-order valence-electron chi connectivity index (χ1n) is 12.3. The fraction of sp³-hybridized carbons (Fsp3) is 0.913. The van der Waals surface area contributed by atoms with Gasteiger partial charge >= 0.3 is 5.97 Å². The van der Waals surface area contributed by atoms with E-state index in [0.717, 1.165) is 36.2 Å². The van der Waals surface area contributed by atoms with Crippen LogP contribution in [-0.4, -0.2) is 80.4 Å². The number of aliphatic carboxylic acids is 1. The molecule has 0 saturated carbocycles. The SMILES string of the molecule is O=C(CCCC[C@@H]1CCSS1)N1CCC(CO)(CO)CC1.O=C(O)CCCC[C@@H]1CCSS1. The number of nitrogens with zero attached hydrogens (tertiary/aromatic N) is 1. The molecule has 3 aliphatic rings. The molecule has 0 aromatic rings. The summed E-state index contributed by atoms with van der Waals surface area (Å²) < 4.78 is 0. The lowest BCUT2D eigenvalue weighted by Crippen LogP contribution is -2.46. The van der Waals surface area contributed by atoms with Gasteiger partial charge in [-0.05, 0) is 51.4 Å². The van der Waals surface area contributed by atoms with Crippen LogP contribution in [0, 0.1) is 5.41 Å². The number of carbonyl (C=O) groups is 2. The summed E-state index contributed by atoms with van der Waals surface area (Å²) in [5.74, 6) is 2.13. The molecule has 0 aromatic carbocycles. The molecule has 0 unspecified atom stereocenters. The van der Waals surface area contributed by atoms with E-state index < -0.39 is 5.97 Å². The number of carbonyl (C=O) groups excluding carboxylic acids is 1. The van der Waals surface area contributed by atoms with Gasteiger partial charge in [0.25, 0.3) is 0 Å². The monoisotopic (exact) mass is 539 g/mol. The highest BCUT2D eigenvalue weighted by atomic mass is 33.1. The molecule has 3 fully saturated rings. The van der Waals surface area contributed by atoms with Crippen LogP contribution in [0.3, 0.4) is 0 Å². The highest BCUT2D eigenvalue weighted by molar-refractivity contribution is 8.77. The quantitative estimate of drug-likeness (QED) is 0.232. The topological polar surface area (TPSA) is 98.1 Å². The molecule has 192 valence electrons. The lowest BCUT2D eigenvalue weighted by atomic mass is 9.80. The zero-order valence-corrected chi connectivity index (χ0v) is 22.9. The summed E-state index contributed by atoms with van der Waals surface area (Å²) in [7, 11) is 7.90. The van der Waals surface area contributed by atoms with Crippen molar-refractivity contribution in [2.75, 3.05) is 37.8 Å². The van der Waals surface area contributed by atoms with Crippen molar-refractivity contribution in [3.8, 4) is 0 Å². The second-order valence-electron chi connectivity index (χ2n) is 9.24. The molecule has 2 atom stereocenters. The largest absolute Gasteiger partial charge is 0.481 e. The van der Waals surface area contributed by atoms with E-state index >= 15 is 0 Å². The summed E-state index contributed by atoms with van der Waals surface area (Å²) in [6.07, 6.45) is 11.5. The molecule has 3 N–H and O–H groups in total. The van der Waals surface area contributed by atoms with Gasteiger partial charge in [-0.1, -0.05) is 56.0 Å². The lowest BCUT2D eigenvalue weighted by molar-refractivity contribution is -0.137. The molecule has 10 heteroatoms. The Morgan fingerprint density at radius 2 is 1.33 bits per heavy atom. The Hall–Kier alpha value is 0.260. The smallest absolute Gasteiger partial charge is 0.303 e. The molecule has 0 aromatic heterocycles. The highest BCUT2D eigenvalue weighted by Crippen LogP contribution is 2.40. The molecule has 3 aliphatic heterocycles. The molecule has 6 nitrogen and oxygen atoms in total. The Bertz CT molecular complexity index is 557. The summed E-state index contributed by atoms with van der Waals surface area (Å²) in [6.45, 7) is 1.38. The number of hydrogen-bond acceptors (Lipinski definition) is 8. The van der Waals surface area contributed by atoms with Crippen LogP contribution in [0.15, 0.2) is 0 Å². The van der Waals surface area contributed by atoms with Crippen LogP contribution in [0.1, 0.15) is 77.0 Å². The highest BCUT2D eigenvalue weighted by Gasteiger charge is 2.34. The van der Waals surface area contributed by atoms with Crippen LogP contribution in [-0.2, 0) is 9.59 Å². The summed E-state index contributed by atoms with van der Waals surface area (Å²) in [5.41, 5.74) is -0.367. The van der Waals surface area contributed by atoms with E-state index in [2.05, 4.69) is 0 Å². The van der Waals surface area contributed by atoms with Gasteiger partial charge in [-0.25, -0.2) is 0 Å². The maximum absolute atomic E-state index is 12.2. The van der Waals surface area contributed by atoms with Crippen molar-refractivity contribution < 1.29 is 24.9 Å². The van der Waals surface area contributed by atoms with Crippen molar-refractivity contribution in [3.63, 3.8) is 0 Å². The molecular formula is C23H41NO5S4. The summed E-state index contributed by atoms with van der Waals surface area (Å²) >= 11 is 0. The minimum absolute atomic E-state index is 0.0165. The predicted octanol–water partition coefficient (Wildman–Crippen LogP) is 5.08. The minimum Gasteiger partial charge on any atom is -0.481 e. The minimum atomic E-state index is -0.663. The average molecular weight is 540 g/mol. The Kier molecular flexibility index (Phi) is 15.1. The Morgan fingerprint density at radius 1 is 0.818 bits per heavy atom. The maximum Gasteiger partial charge on any atom is 0.303 e. The second-order valence-corrected chi connectivity index (χ2v) is 14.8. The normalized spacial score (nSPS) is 24.4. The van der Waals surface area contributed by atoms with E-state index in [-0.39, 0.29) is 24.5 Å². The van der Waals surface area contributed by atoms with Gasteiger partial charge in [0.15, 0.2) is 0 Å². The number of carboxylic acid groups (broad SMARTS) is 1. The Balaban J connectivity index is 0.000000273. The van der Waals surface area contributed by atoms with Crippen molar-refractivity contribution in [1.29, 1.82) is 0 Å². The number of likely N-dealkylation sites (tertiary alicyclic amines) is 1. The zero-order chi connectivity index (χ0) is 23.9. The molecule has 0 aliphatic carbocycles. The zero-order valence-electron chi connectivity index (χ0n) is 19.6. The van der Waals surface area contributed by atoms with Crippen LogP contribution in [0.4, 0.5) is 0 Å². The third kappa shape index (κ3) is 11.7. The molecule has 0 bridgehead atoms. The molecule has 0 spiro atoms. The van der Waals surface area contributed by atoms with Crippen molar-refractivity contribution in [2.45, 2.75) is 87.5 Å². The van der Waals surface area contributed by atoms with Crippen molar-refractivity contribution >= 4 is 55.1 Å². The number of piperidine rings is 1. The van der Waals surface area contributed by atoms with Gasteiger partial charge in [0, 0.05) is 53.4 Å². The van der Waals surface area contributed by atoms with Crippen LogP contribution in [0.5, 0.6) is 0 Å². The van der Waals surface area contributed by atoms with Crippen LogP contribution < -0.4 is 0 Å². The lowest BCUT2D eigenvalue weighted by Gasteiger charge is -2.39. The molecular weight excluding hydrogens is 499 g/mol. The van der Waals surface area contributed by atoms with Crippen LogP contribution in [0.25, 0.3) is 0 Å². The number of rotatable bonds is 12. The molecule has 3 saturated heterocycles. The maximum atomic E-state index is 12.2. The molecule has 0 radical (unpaired) electrons. The van der Waals surface area contributed by atoms with Crippen molar-refractivity contribution in [3.05, 3.63) is 0 Å². The summed E-state index contributed by atoms with van der Waals surface area (Å²) in [6, 6.07) is 0. The number of aliphatic hydroxyl groups excluding tert-OH is 2. The standard InChI is InChI=1S/C15H27NO3S2.C8H14O2S2/c17-11-15(12-18)6-8-16(9-7-15)14(19)4-2-1-3-13-5-10-20-21-13;9-8(10)4-2-1-3-7-5-6-11-12-7/h13,17-18H,1-12H2;7H,1-6H2,(H,9,10)/t13-;7-/m11/s1. The number of unbranched alkanes of at least 4 members (excludes halogenated alkanes) is 2. The Morgan fingerprint density at radius 3 is 1.76 bits per heavy atom. The molecule has 3 heterocycles.